The number of carbonyl (C=O) groups is 1. The lowest BCUT2D eigenvalue weighted by Gasteiger charge is -2.02. The van der Waals surface area contributed by atoms with Crippen molar-refractivity contribution in [2.75, 3.05) is 5.32 Å². The highest BCUT2D eigenvalue weighted by Crippen LogP contribution is 2.31. The minimum atomic E-state index is -0.684. The molecule has 0 saturated carbocycles. The number of benzene rings is 2. The Morgan fingerprint density at radius 1 is 1.24 bits per heavy atom. The molecule has 0 spiro atoms. The third kappa shape index (κ3) is 2.90. The number of hydrogen-bond acceptors (Lipinski definition) is 5. The predicted octanol–water partition coefficient (Wildman–Crippen LogP) is 4.62. The number of amides is 1. The van der Waals surface area contributed by atoms with Gasteiger partial charge in [-0.05, 0) is 36.8 Å². The van der Waals surface area contributed by atoms with Crippen LogP contribution >= 0.6 is 22.9 Å². The highest BCUT2D eigenvalue weighted by molar-refractivity contribution is 7.22. The predicted molar refractivity (Wildman–Crippen MR) is 99.8 cm³/mol. The van der Waals surface area contributed by atoms with E-state index in [0.29, 0.717) is 21.1 Å². The molecule has 1 amide bonds. The number of anilines is 1. The van der Waals surface area contributed by atoms with E-state index in [1.165, 1.54) is 17.4 Å². The molecule has 2 aromatic heterocycles. The Balaban J connectivity index is 1.71. The molecule has 124 valence electrons. The van der Waals surface area contributed by atoms with Gasteiger partial charge in [-0.3, -0.25) is 10.1 Å². The molecule has 5 nitrogen and oxygen atoms in total. The largest absolute Gasteiger partial charge is 0.422 e. The molecule has 4 aromatic rings. The average molecular weight is 371 g/mol. The summed E-state index contributed by atoms with van der Waals surface area (Å²) in [6.45, 7) is 1.90. The first-order valence-electron chi connectivity index (χ1n) is 7.42. The van der Waals surface area contributed by atoms with Crippen LogP contribution in [0, 0.1) is 6.92 Å². The number of nitrogens with zero attached hydrogens (tertiary/aromatic N) is 1. The number of carbonyl (C=O) groups excluding carboxylic acids is 1. The summed E-state index contributed by atoms with van der Waals surface area (Å²) in [5.74, 6) is -0.553. The SMILES string of the molecule is Cc1cc(Cl)cc2sc(NC(=O)c3cc4ccccc4oc3=O)nc12. The van der Waals surface area contributed by atoms with Crippen LogP contribution in [0.5, 0.6) is 0 Å². The third-order valence-corrected chi connectivity index (χ3v) is 4.89. The average Bonchev–Trinajstić information content (AvgIpc) is 2.96. The summed E-state index contributed by atoms with van der Waals surface area (Å²) in [4.78, 5) is 29.0. The molecule has 0 radical (unpaired) electrons. The first kappa shape index (κ1) is 15.8. The summed E-state index contributed by atoms with van der Waals surface area (Å²) in [5.41, 5.74) is 1.39. The van der Waals surface area contributed by atoms with Gasteiger partial charge in [-0.1, -0.05) is 41.1 Å². The van der Waals surface area contributed by atoms with Gasteiger partial charge in [-0.2, -0.15) is 0 Å². The zero-order chi connectivity index (χ0) is 17.6. The summed E-state index contributed by atoms with van der Waals surface area (Å²) in [6.07, 6.45) is 0. The molecule has 0 aliphatic carbocycles. The second-order valence-corrected chi connectivity index (χ2v) is 7.00. The van der Waals surface area contributed by atoms with Crippen LogP contribution in [0.4, 0.5) is 5.13 Å². The van der Waals surface area contributed by atoms with Gasteiger partial charge in [0.05, 0.1) is 10.2 Å². The van der Waals surface area contributed by atoms with Crippen molar-refractivity contribution in [3.05, 3.63) is 69.0 Å². The number of halogens is 1. The van der Waals surface area contributed by atoms with Crippen molar-refractivity contribution in [1.29, 1.82) is 0 Å². The molecule has 0 fully saturated rings. The molecule has 0 aliphatic heterocycles. The van der Waals surface area contributed by atoms with Crippen molar-refractivity contribution >= 4 is 55.2 Å². The third-order valence-electron chi connectivity index (χ3n) is 3.76. The van der Waals surface area contributed by atoms with Crippen LogP contribution < -0.4 is 10.9 Å². The molecule has 4 rings (SSSR count). The van der Waals surface area contributed by atoms with Crippen LogP contribution in [-0.4, -0.2) is 10.9 Å². The van der Waals surface area contributed by atoms with E-state index >= 15 is 0 Å². The van der Waals surface area contributed by atoms with Crippen molar-refractivity contribution in [2.45, 2.75) is 6.92 Å². The van der Waals surface area contributed by atoms with Crippen molar-refractivity contribution in [2.24, 2.45) is 0 Å². The van der Waals surface area contributed by atoms with Gasteiger partial charge in [-0.15, -0.1) is 0 Å². The second kappa shape index (κ2) is 5.98. The molecule has 2 aromatic carbocycles. The fourth-order valence-electron chi connectivity index (χ4n) is 2.59. The lowest BCUT2D eigenvalue weighted by Crippen LogP contribution is -2.20. The summed E-state index contributed by atoms with van der Waals surface area (Å²) in [6, 6.07) is 12.2. The summed E-state index contributed by atoms with van der Waals surface area (Å²) < 4.78 is 6.06. The van der Waals surface area contributed by atoms with Gasteiger partial charge < -0.3 is 4.42 Å². The molecule has 1 N–H and O–H groups in total. The van der Waals surface area contributed by atoms with Crippen LogP contribution in [-0.2, 0) is 0 Å². The molecule has 0 unspecified atom stereocenters. The number of thiazole rings is 1. The van der Waals surface area contributed by atoms with Gasteiger partial charge in [0.2, 0.25) is 0 Å². The minimum absolute atomic E-state index is 0.0623. The molecular weight excluding hydrogens is 360 g/mol. The molecular formula is C18H11ClN2O3S. The topological polar surface area (TPSA) is 72.2 Å². The first-order valence-corrected chi connectivity index (χ1v) is 8.61. The Morgan fingerprint density at radius 3 is 2.88 bits per heavy atom. The fourth-order valence-corrected chi connectivity index (χ4v) is 3.91. The second-order valence-electron chi connectivity index (χ2n) is 5.53. The van der Waals surface area contributed by atoms with E-state index in [0.717, 1.165) is 15.8 Å². The highest BCUT2D eigenvalue weighted by Gasteiger charge is 2.16. The Morgan fingerprint density at radius 2 is 2.04 bits per heavy atom. The monoisotopic (exact) mass is 370 g/mol. The van der Waals surface area contributed by atoms with Crippen LogP contribution in [0.15, 0.2) is 51.7 Å². The molecule has 0 bridgehead atoms. The molecule has 0 atom stereocenters. The molecule has 2 heterocycles. The maximum absolute atomic E-state index is 12.5. The Bertz CT molecular complexity index is 1200. The standard InChI is InChI=1S/C18H11ClN2O3S/c1-9-6-11(19)8-14-15(9)20-18(25-14)21-16(22)12-7-10-4-2-3-5-13(10)24-17(12)23/h2-8H,1H3,(H,20,21,22). The smallest absolute Gasteiger partial charge is 0.349 e. The minimum Gasteiger partial charge on any atom is -0.422 e. The quantitative estimate of drug-likeness (QED) is 0.523. The van der Waals surface area contributed by atoms with Crippen molar-refractivity contribution in [3.63, 3.8) is 0 Å². The maximum atomic E-state index is 12.5. The van der Waals surface area contributed by atoms with Crippen LogP contribution in [0.1, 0.15) is 15.9 Å². The van der Waals surface area contributed by atoms with E-state index in [4.69, 9.17) is 16.0 Å². The number of aryl methyl sites for hydroxylation is 1. The first-order chi connectivity index (χ1) is 12.0. The number of nitrogens with one attached hydrogen (secondary N) is 1. The van der Waals surface area contributed by atoms with Crippen molar-refractivity contribution in [1.82, 2.24) is 4.98 Å². The zero-order valence-electron chi connectivity index (χ0n) is 13.0. The summed E-state index contributed by atoms with van der Waals surface area (Å²) in [7, 11) is 0. The zero-order valence-corrected chi connectivity index (χ0v) is 14.6. The van der Waals surface area contributed by atoms with Gasteiger partial charge in [0.25, 0.3) is 5.91 Å². The van der Waals surface area contributed by atoms with Gasteiger partial charge in [0, 0.05) is 10.4 Å². The van der Waals surface area contributed by atoms with Gasteiger partial charge in [0.15, 0.2) is 5.13 Å². The van der Waals surface area contributed by atoms with E-state index in [-0.39, 0.29) is 5.56 Å². The van der Waals surface area contributed by atoms with Gasteiger partial charge in [-0.25, -0.2) is 9.78 Å². The molecule has 0 saturated heterocycles. The number of rotatable bonds is 2. The van der Waals surface area contributed by atoms with Crippen LogP contribution in [0.2, 0.25) is 5.02 Å². The van der Waals surface area contributed by atoms with E-state index in [2.05, 4.69) is 10.3 Å². The highest BCUT2D eigenvalue weighted by atomic mass is 35.5. The molecule has 25 heavy (non-hydrogen) atoms. The summed E-state index contributed by atoms with van der Waals surface area (Å²) in [5, 5.41) is 4.36. The normalized spacial score (nSPS) is 11.1. The number of para-hydroxylation sites is 1. The number of fused-ring (bicyclic) bond motifs is 2. The van der Waals surface area contributed by atoms with Crippen LogP contribution in [0.3, 0.4) is 0 Å². The van der Waals surface area contributed by atoms with Crippen molar-refractivity contribution in [3.8, 4) is 0 Å². The number of hydrogen-bond donors (Lipinski definition) is 1. The summed E-state index contributed by atoms with van der Waals surface area (Å²) >= 11 is 7.35. The maximum Gasteiger partial charge on any atom is 0.349 e. The van der Waals surface area contributed by atoms with Gasteiger partial charge >= 0.3 is 5.63 Å². The Labute approximate surface area is 150 Å². The van der Waals surface area contributed by atoms with E-state index in [1.807, 2.05) is 19.1 Å². The van der Waals surface area contributed by atoms with Gasteiger partial charge in [0.1, 0.15) is 11.1 Å². The van der Waals surface area contributed by atoms with Crippen LogP contribution in [0.25, 0.3) is 21.2 Å². The number of aromatic nitrogens is 1. The lowest BCUT2D eigenvalue weighted by molar-refractivity contribution is 0.102. The fraction of sp³-hybridized carbons (Fsp3) is 0.0556. The Hall–Kier alpha value is -2.70. The Kier molecular flexibility index (Phi) is 3.78. The van der Waals surface area contributed by atoms with E-state index < -0.39 is 11.5 Å². The van der Waals surface area contributed by atoms with E-state index in [9.17, 15) is 9.59 Å². The molecule has 7 heteroatoms. The lowest BCUT2D eigenvalue weighted by atomic mass is 10.2. The van der Waals surface area contributed by atoms with Crippen molar-refractivity contribution < 1.29 is 9.21 Å². The molecule has 0 aliphatic rings. The van der Waals surface area contributed by atoms with E-state index in [1.54, 1.807) is 24.3 Å².